The SMILES string of the molecule is COc1cc(/C=N\NC(=O)[C@@H](C)Sc2ccc(Cl)cc2)cc(Br)c1O. The second kappa shape index (κ2) is 9.12. The van der Waals surface area contributed by atoms with Crippen LogP contribution < -0.4 is 10.2 Å². The number of hydrogen-bond acceptors (Lipinski definition) is 5. The van der Waals surface area contributed by atoms with Gasteiger partial charge < -0.3 is 9.84 Å². The Morgan fingerprint density at radius 1 is 1.40 bits per heavy atom. The summed E-state index contributed by atoms with van der Waals surface area (Å²) in [6.07, 6.45) is 1.48. The Morgan fingerprint density at radius 2 is 2.08 bits per heavy atom. The van der Waals surface area contributed by atoms with Crippen LogP contribution in [0.15, 0.2) is 50.9 Å². The molecule has 0 bridgehead atoms. The number of phenolic OH excluding ortho intramolecular Hbond substituents is 1. The largest absolute Gasteiger partial charge is 0.503 e. The lowest BCUT2D eigenvalue weighted by Gasteiger charge is -2.09. The van der Waals surface area contributed by atoms with E-state index in [1.165, 1.54) is 25.1 Å². The molecule has 132 valence electrons. The number of nitrogens with one attached hydrogen (secondary N) is 1. The highest BCUT2D eigenvalue weighted by Gasteiger charge is 2.13. The fourth-order valence-corrected chi connectivity index (χ4v) is 3.30. The molecule has 2 aromatic carbocycles. The first-order chi connectivity index (χ1) is 11.9. The van der Waals surface area contributed by atoms with Crippen molar-refractivity contribution in [1.29, 1.82) is 0 Å². The molecule has 5 nitrogen and oxygen atoms in total. The monoisotopic (exact) mass is 442 g/mol. The van der Waals surface area contributed by atoms with Crippen molar-refractivity contribution in [2.45, 2.75) is 17.1 Å². The number of hydrogen-bond donors (Lipinski definition) is 2. The molecule has 8 heteroatoms. The summed E-state index contributed by atoms with van der Waals surface area (Å²) in [6.45, 7) is 1.80. The third-order valence-corrected chi connectivity index (χ3v) is 5.12. The minimum Gasteiger partial charge on any atom is -0.503 e. The molecule has 1 amide bonds. The fourth-order valence-electron chi connectivity index (χ4n) is 1.86. The number of aromatic hydroxyl groups is 1. The normalized spacial score (nSPS) is 12.2. The Labute approximate surface area is 163 Å². The van der Waals surface area contributed by atoms with Gasteiger partial charge in [0.15, 0.2) is 11.5 Å². The molecule has 0 radical (unpaired) electrons. The standard InChI is InChI=1S/C17H16BrClN2O3S/c1-10(25-13-5-3-12(19)4-6-13)17(23)21-20-9-11-7-14(18)16(22)15(8-11)24-2/h3-10,22H,1-2H3,(H,21,23)/b20-9-/t10-/m1/s1. The third-order valence-electron chi connectivity index (χ3n) is 3.15. The summed E-state index contributed by atoms with van der Waals surface area (Å²) in [5.41, 5.74) is 3.17. The molecule has 2 N–H and O–H groups in total. The highest BCUT2D eigenvalue weighted by Crippen LogP contribution is 2.34. The summed E-state index contributed by atoms with van der Waals surface area (Å²) in [7, 11) is 1.46. The molecule has 0 saturated heterocycles. The first-order valence-corrected chi connectivity index (χ1v) is 9.27. The van der Waals surface area contributed by atoms with Crippen molar-refractivity contribution in [3.05, 3.63) is 51.5 Å². The topological polar surface area (TPSA) is 70.9 Å². The Bertz CT molecular complexity index is 784. The predicted octanol–water partition coefficient (Wildman–Crippen LogP) is 4.45. The van der Waals surface area contributed by atoms with E-state index < -0.39 is 0 Å². The smallest absolute Gasteiger partial charge is 0.253 e. The van der Waals surface area contributed by atoms with Gasteiger partial charge in [0.2, 0.25) is 0 Å². The zero-order valence-electron chi connectivity index (χ0n) is 13.5. The molecule has 1 atom stereocenters. The van der Waals surface area contributed by atoms with Crippen molar-refractivity contribution in [1.82, 2.24) is 5.43 Å². The Balaban J connectivity index is 1.95. The van der Waals surface area contributed by atoms with E-state index in [0.717, 1.165) is 4.90 Å². The van der Waals surface area contributed by atoms with Crippen molar-refractivity contribution >= 4 is 51.4 Å². The zero-order valence-corrected chi connectivity index (χ0v) is 16.7. The molecule has 0 heterocycles. The number of halogens is 2. The molecule has 0 aromatic heterocycles. The minimum absolute atomic E-state index is 0.0108. The maximum absolute atomic E-state index is 12.1. The summed E-state index contributed by atoms with van der Waals surface area (Å²) in [5, 5.41) is 14.1. The van der Waals surface area contributed by atoms with Gasteiger partial charge >= 0.3 is 0 Å². The van der Waals surface area contributed by atoms with Crippen LogP contribution in [0.25, 0.3) is 0 Å². The van der Waals surface area contributed by atoms with Gasteiger partial charge in [-0.1, -0.05) is 11.6 Å². The molecule has 0 spiro atoms. The van der Waals surface area contributed by atoms with Crippen molar-refractivity contribution in [2.75, 3.05) is 7.11 Å². The van der Waals surface area contributed by atoms with Crippen LogP contribution in [0.4, 0.5) is 0 Å². The number of ether oxygens (including phenoxy) is 1. The number of methoxy groups -OCH3 is 1. The summed E-state index contributed by atoms with van der Waals surface area (Å²) in [6, 6.07) is 10.6. The van der Waals surface area contributed by atoms with Gasteiger partial charge in [-0.25, -0.2) is 5.43 Å². The lowest BCUT2D eigenvalue weighted by atomic mass is 10.2. The van der Waals surface area contributed by atoms with Crippen LogP contribution in [0.2, 0.25) is 5.02 Å². The second-order valence-corrected chi connectivity index (χ2v) is 7.71. The van der Waals surface area contributed by atoms with Crippen molar-refractivity contribution in [3.8, 4) is 11.5 Å². The molecule has 0 aliphatic carbocycles. The van der Waals surface area contributed by atoms with Gasteiger partial charge in [0.1, 0.15) is 0 Å². The van der Waals surface area contributed by atoms with Crippen LogP contribution in [0, 0.1) is 0 Å². The molecule has 0 aliphatic rings. The lowest BCUT2D eigenvalue weighted by Crippen LogP contribution is -2.26. The number of carbonyl (C=O) groups is 1. The van der Waals surface area contributed by atoms with E-state index in [9.17, 15) is 9.90 Å². The van der Waals surface area contributed by atoms with Crippen molar-refractivity contribution in [3.63, 3.8) is 0 Å². The molecular weight excluding hydrogens is 428 g/mol. The second-order valence-electron chi connectivity index (χ2n) is 5.00. The maximum Gasteiger partial charge on any atom is 0.253 e. The predicted molar refractivity (Wildman–Crippen MR) is 105 cm³/mol. The molecule has 0 aliphatic heterocycles. The number of carbonyl (C=O) groups excluding carboxylic acids is 1. The Morgan fingerprint density at radius 3 is 2.72 bits per heavy atom. The number of hydrazone groups is 1. The molecule has 0 unspecified atom stereocenters. The van der Waals surface area contributed by atoms with Gasteiger partial charge in [0, 0.05) is 9.92 Å². The molecule has 0 fully saturated rings. The van der Waals surface area contributed by atoms with Gasteiger partial charge in [-0.05, 0) is 64.8 Å². The zero-order chi connectivity index (χ0) is 18.4. The van der Waals surface area contributed by atoms with Gasteiger partial charge in [0.05, 0.1) is 23.0 Å². The summed E-state index contributed by atoms with van der Waals surface area (Å²) < 4.78 is 5.54. The van der Waals surface area contributed by atoms with Crippen LogP contribution in [0.1, 0.15) is 12.5 Å². The first kappa shape index (κ1) is 19.6. The first-order valence-electron chi connectivity index (χ1n) is 7.22. The fraction of sp³-hybridized carbons (Fsp3) is 0.176. The van der Waals surface area contributed by atoms with E-state index in [0.29, 0.717) is 20.8 Å². The Hall–Kier alpha value is -1.70. The summed E-state index contributed by atoms with van der Waals surface area (Å²) >= 11 is 10.5. The molecule has 0 saturated carbocycles. The van der Waals surface area contributed by atoms with Crippen LogP contribution in [-0.4, -0.2) is 29.6 Å². The van der Waals surface area contributed by atoms with E-state index in [2.05, 4.69) is 26.5 Å². The number of nitrogens with zero attached hydrogens (tertiary/aromatic N) is 1. The number of phenols is 1. The van der Waals surface area contributed by atoms with Gasteiger partial charge in [-0.15, -0.1) is 11.8 Å². The van der Waals surface area contributed by atoms with E-state index >= 15 is 0 Å². The van der Waals surface area contributed by atoms with Crippen LogP contribution in [-0.2, 0) is 4.79 Å². The van der Waals surface area contributed by atoms with Gasteiger partial charge in [-0.3, -0.25) is 4.79 Å². The maximum atomic E-state index is 12.1. The van der Waals surface area contributed by atoms with E-state index in [1.54, 1.807) is 31.2 Å². The average molecular weight is 444 g/mol. The number of rotatable bonds is 6. The number of amides is 1. The molecule has 2 aromatic rings. The molecule has 25 heavy (non-hydrogen) atoms. The molecular formula is C17H16BrClN2O3S. The number of benzene rings is 2. The Kier molecular flexibility index (Phi) is 7.16. The third kappa shape index (κ3) is 5.66. The van der Waals surface area contributed by atoms with Gasteiger partial charge in [0.25, 0.3) is 5.91 Å². The number of thioether (sulfide) groups is 1. The van der Waals surface area contributed by atoms with Crippen molar-refractivity contribution in [2.24, 2.45) is 5.10 Å². The van der Waals surface area contributed by atoms with Gasteiger partial charge in [-0.2, -0.15) is 5.10 Å². The minimum atomic E-state index is -0.320. The van der Waals surface area contributed by atoms with Crippen LogP contribution in [0.3, 0.4) is 0 Å². The summed E-state index contributed by atoms with van der Waals surface area (Å²) in [5.74, 6) is 0.103. The summed E-state index contributed by atoms with van der Waals surface area (Å²) in [4.78, 5) is 13.1. The van der Waals surface area contributed by atoms with Crippen LogP contribution >= 0.6 is 39.3 Å². The quantitative estimate of drug-likeness (QED) is 0.393. The molecule has 2 rings (SSSR count). The van der Waals surface area contributed by atoms with Crippen LogP contribution in [0.5, 0.6) is 11.5 Å². The average Bonchev–Trinajstić information content (AvgIpc) is 2.59. The van der Waals surface area contributed by atoms with E-state index in [1.807, 2.05) is 12.1 Å². The van der Waals surface area contributed by atoms with E-state index in [-0.39, 0.29) is 16.9 Å². The van der Waals surface area contributed by atoms with E-state index in [4.69, 9.17) is 16.3 Å². The highest BCUT2D eigenvalue weighted by atomic mass is 79.9. The highest BCUT2D eigenvalue weighted by molar-refractivity contribution is 9.10. The lowest BCUT2D eigenvalue weighted by molar-refractivity contribution is -0.120. The van der Waals surface area contributed by atoms with Crippen molar-refractivity contribution < 1.29 is 14.6 Å².